The first kappa shape index (κ1) is 16.0. The van der Waals surface area contributed by atoms with E-state index in [4.69, 9.17) is 0 Å². The number of amides is 1. The van der Waals surface area contributed by atoms with Crippen LogP contribution in [0, 0.1) is 5.92 Å². The summed E-state index contributed by atoms with van der Waals surface area (Å²) in [5.41, 5.74) is 2.08. The van der Waals surface area contributed by atoms with E-state index in [0.717, 1.165) is 25.2 Å². The summed E-state index contributed by atoms with van der Waals surface area (Å²) in [6, 6.07) is 8.01. The van der Waals surface area contributed by atoms with E-state index in [-0.39, 0.29) is 17.9 Å². The normalized spacial score (nSPS) is 23.3. The van der Waals surface area contributed by atoms with E-state index in [0.29, 0.717) is 12.5 Å². The Balaban J connectivity index is 1.88. The van der Waals surface area contributed by atoms with E-state index >= 15 is 0 Å². The van der Waals surface area contributed by atoms with Gasteiger partial charge in [0.15, 0.2) is 0 Å². The Morgan fingerprint density at radius 2 is 2.24 bits per heavy atom. The van der Waals surface area contributed by atoms with Gasteiger partial charge in [-0.15, -0.1) is 0 Å². The van der Waals surface area contributed by atoms with Gasteiger partial charge in [-0.05, 0) is 36.0 Å². The highest BCUT2D eigenvalue weighted by molar-refractivity contribution is 5.92. The second-order valence-electron chi connectivity index (χ2n) is 6.40. The average Bonchev–Trinajstić information content (AvgIpc) is 2.43. The highest BCUT2D eigenvalue weighted by Gasteiger charge is 2.25. The molecule has 116 valence electrons. The molecule has 1 heterocycles. The van der Waals surface area contributed by atoms with Gasteiger partial charge in [-0.3, -0.25) is 9.69 Å². The predicted octanol–water partition coefficient (Wildman–Crippen LogP) is 2.45. The fourth-order valence-electron chi connectivity index (χ4n) is 2.74. The predicted molar refractivity (Wildman–Crippen MR) is 85.4 cm³/mol. The number of aliphatic hydroxyl groups is 1. The monoisotopic (exact) mass is 290 g/mol. The Hall–Kier alpha value is -1.39. The van der Waals surface area contributed by atoms with Gasteiger partial charge in [0.1, 0.15) is 0 Å². The number of aliphatic hydroxyl groups excluding tert-OH is 1. The Morgan fingerprint density at radius 3 is 2.90 bits per heavy atom. The van der Waals surface area contributed by atoms with Crippen LogP contribution in [0.5, 0.6) is 0 Å². The molecule has 2 atom stereocenters. The van der Waals surface area contributed by atoms with E-state index in [1.165, 1.54) is 5.56 Å². The molecule has 0 spiro atoms. The van der Waals surface area contributed by atoms with Crippen LogP contribution in [0.25, 0.3) is 0 Å². The van der Waals surface area contributed by atoms with Crippen molar-refractivity contribution in [1.82, 2.24) is 4.90 Å². The Labute approximate surface area is 127 Å². The third-order valence-electron chi connectivity index (χ3n) is 4.15. The van der Waals surface area contributed by atoms with E-state index in [1.54, 1.807) is 0 Å². The molecule has 1 aromatic rings. The molecule has 2 rings (SSSR count). The molecule has 2 unspecified atom stereocenters. The van der Waals surface area contributed by atoms with Gasteiger partial charge in [-0.25, -0.2) is 0 Å². The zero-order valence-electron chi connectivity index (χ0n) is 13.2. The number of nitrogens with one attached hydrogen (secondary N) is 1. The van der Waals surface area contributed by atoms with Crippen LogP contribution in [-0.4, -0.2) is 41.7 Å². The Morgan fingerprint density at radius 1 is 1.48 bits per heavy atom. The van der Waals surface area contributed by atoms with Crippen molar-refractivity contribution in [2.45, 2.75) is 39.2 Å². The van der Waals surface area contributed by atoms with Crippen LogP contribution in [0.1, 0.15) is 38.7 Å². The second kappa shape index (κ2) is 7.05. The molecule has 4 heteroatoms. The Bertz CT molecular complexity index is 487. The number of carbonyl (C=O) groups is 1. The van der Waals surface area contributed by atoms with Crippen molar-refractivity contribution < 1.29 is 9.90 Å². The van der Waals surface area contributed by atoms with Crippen LogP contribution in [-0.2, 0) is 4.79 Å². The summed E-state index contributed by atoms with van der Waals surface area (Å²) < 4.78 is 0. The van der Waals surface area contributed by atoms with Crippen molar-refractivity contribution in [3.8, 4) is 0 Å². The lowest BCUT2D eigenvalue weighted by Gasteiger charge is -2.33. The smallest absolute Gasteiger partial charge is 0.238 e. The lowest BCUT2D eigenvalue weighted by Crippen LogP contribution is -2.45. The van der Waals surface area contributed by atoms with Crippen molar-refractivity contribution in [2.75, 3.05) is 25.0 Å². The van der Waals surface area contributed by atoms with Crippen LogP contribution < -0.4 is 5.32 Å². The van der Waals surface area contributed by atoms with E-state index in [2.05, 4.69) is 30.1 Å². The highest BCUT2D eigenvalue weighted by Crippen LogP contribution is 2.19. The number of hydrogen-bond acceptors (Lipinski definition) is 3. The standard InChI is InChI=1S/C17H26N2O2/c1-12(2)14-5-4-6-15(9-14)18-17(21)11-19-8-7-16(20)13(3)10-19/h4-6,9,12-13,16,20H,7-8,10-11H2,1-3H3,(H,18,21). The van der Waals surface area contributed by atoms with Crippen LogP contribution in [0.3, 0.4) is 0 Å². The second-order valence-corrected chi connectivity index (χ2v) is 6.40. The number of hydrogen-bond donors (Lipinski definition) is 2. The maximum Gasteiger partial charge on any atom is 0.238 e. The van der Waals surface area contributed by atoms with Crippen molar-refractivity contribution in [2.24, 2.45) is 5.92 Å². The van der Waals surface area contributed by atoms with E-state index in [1.807, 2.05) is 25.1 Å². The van der Waals surface area contributed by atoms with Gasteiger partial charge in [-0.1, -0.05) is 32.9 Å². The van der Waals surface area contributed by atoms with Gasteiger partial charge >= 0.3 is 0 Å². The third-order valence-corrected chi connectivity index (χ3v) is 4.15. The van der Waals surface area contributed by atoms with Crippen molar-refractivity contribution in [3.05, 3.63) is 29.8 Å². The van der Waals surface area contributed by atoms with E-state index < -0.39 is 0 Å². The number of piperidine rings is 1. The summed E-state index contributed by atoms with van der Waals surface area (Å²) in [6.07, 6.45) is 0.518. The zero-order valence-corrected chi connectivity index (χ0v) is 13.2. The van der Waals surface area contributed by atoms with Gasteiger partial charge in [0.2, 0.25) is 5.91 Å². The molecule has 0 bridgehead atoms. The lowest BCUT2D eigenvalue weighted by molar-refractivity contribution is -0.118. The minimum absolute atomic E-state index is 0.0134. The molecule has 21 heavy (non-hydrogen) atoms. The van der Waals surface area contributed by atoms with Gasteiger partial charge in [0, 0.05) is 18.8 Å². The molecule has 2 N–H and O–H groups in total. The first-order valence-corrected chi connectivity index (χ1v) is 7.76. The summed E-state index contributed by atoms with van der Waals surface area (Å²) in [4.78, 5) is 14.2. The molecule has 0 aromatic heterocycles. The first-order chi connectivity index (χ1) is 9.95. The molecule has 1 amide bonds. The summed E-state index contributed by atoms with van der Waals surface area (Å²) in [7, 11) is 0. The number of anilines is 1. The van der Waals surface area contributed by atoms with Crippen molar-refractivity contribution in [1.29, 1.82) is 0 Å². The van der Waals surface area contributed by atoms with Crippen LogP contribution in [0.4, 0.5) is 5.69 Å². The summed E-state index contributed by atoms with van der Waals surface area (Å²) in [6.45, 7) is 8.26. The molecule has 1 aromatic carbocycles. The number of carbonyl (C=O) groups excluding carboxylic acids is 1. The fraction of sp³-hybridized carbons (Fsp3) is 0.588. The highest BCUT2D eigenvalue weighted by atomic mass is 16.3. The summed E-state index contributed by atoms with van der Waals surface area (Å²) in [5.74, 6) is 0.696. The largest absolute Gasteiger partial charge is 0.393 e. The van der Waals surface area contributed by atoms with Crippen LogP contribution >= 0.6 is 0 Å². The quantitative estimate of drug-likeness (QED) is 0.895. The zero-order chi connectivity index (χ0) is 15.4. The molecule has 0 aliphatic carbocycles. The molecule has 1 aliphatic rings. The van der Waals surface area contributed by atoms with E-state index in [9.17, 15) is 9.90 Å². The molecular weight excluding hydrogens is 264 g/mol. The summed E-state index contributed by atoms with van der Waals surface area (Å²) >= 11 is 0. The SMILES string of the molecule is CC(C)c1cccc(NC(=O)CN2CCC(O)C(C)C2)c1. The average molecular weight is 290 g/mol. The maximum absolute atomic E-state index is 12.1. The van der Waals surface area contributed by atoms with Crippen molar-refractivity contribution in [3.63, 3.8) is 0 Å². The van der Waals surface area contributed by atoms with Gasteiger partial charge in [-0.2, -0.15) is 0 Å². The lowest BCUT2D eigenvalue weighted by atomic mass is 9.97. The first-order valence-electron chi connectivity index (χ1n) is 7.76. The Kier molecular flexibility index (Phi) is 5.37. The maximum atomic E-state index is 12.1. The molecular formula is C17H26N2O2. The number of likely N-dealkylation sites (tertiary alicyclic amines) is 1. The minimum Gasteiger partial charge on any atom is -0.393 e. The molecule has 0 saturated carbocycles. The molecule has 1 fully saturated rings. The number of nitrogens with zero attached hydrogens (tertiary/aromatic N) is 1. The van der Waals surface area contributed by atoms with Gasteiger partial charge < -0.3 is 10.4 Å². The fourth-order valence-corrected chi connectivity index (χ4v) is 2.74. The molecule has 1 saturated heterocycles. The van der Waals surface area contributed by atoms with Gasteiger partial charge in [0.25, 0.3) is 0 Å². The topological polar surface area (TPSA) is 52.6 Å². The molecule has 0 radical (unpaired) electrons. The minimum atomic E-state index is -0.230. The molecule has 4 nitrogen and oxygen atoms in total. The van der Waals surface area contributed by atoms with Crippen LogP contribution in [0.2, 0.25) is 0 Å². The van der Waals surface area contributed by atoms with Crippen LogP contribution in [0.15, 0.2) is 24.3 Å². The number of rotatable bonds is 4. The van der Waals surface area contributed by atoms with Crippen molar-refractivity contribution >= 4 is 11.6 Å². The summed E-state index contributed by atoms with van der Waals surface area (Å²) in [5, 5.41) is 12.7. The number of benzene rings is 1. The molecule has 1 aliphatic heterocycles. The van der Waals surface area contributed by atoms with Gasteiger partial charge in [0.05, 0.1) is 12.6 Å². The third kappa shape index (κ3) is 4.55.